The Kier molecular flexibility index (Phi) is 7.13. The van der Waals surface area contributed by atoms with Crippen LogP contribution in [0.2, 0.25) is 0 Å². The summed E-state index contributed by atoms with van der Waals surface area (Å²) >= 11 is 0. The average Bonchev–Trinajstić information content (AvgIpc) is 3.14. The van der Waals surface area contributed by atoms with Crippen LogP contribution >= 0.6 is 0 Å². The van der Waals surface area contributed by atoms with Crippen LogP contribution in [0.25, 0.3) is 0 Å². The number of hydrogen-bond donors (Lipinski definition) is 2. The summed E-state index contributed by atoms with van der Waals surface area (Å²) in [5.74, 6) is -2.45. The molecule has 0 amide bonds. The van der Waals surface area contributed by atoms with E-state index in [0.29, 0.717) is 11.3 Å². The SMILES string of the molecule is COc1cc2c(cc1OC)C1OC(=O)C(O)C(O)C(=O)OC1(CC1CCN(Cc3ccccc3)CC1)C2=O. The fourth-order valence-corrected chi connectivity index (χ4v) is 5.71. The third kappa shape index (κ3) is 4.53. The van der Waals surface area contributed by atoms with Crippen molar-refractivity contribution >= 4 is 17.7 Å². The predicted molar refractivity (Wildman–Crippen MR) is 133 cm³/mol. The van der Waals surface area contributed by atoms with Crippen LogP contribution in [0.5, 0.6) is 11.5 Å². The summed E-state index contributed by atoms with van der Waals surface area (Å²) < 4.78 is 22.1. The van der Waals surface area contributed by atoms with Crippen LogP contribution in [0.3, 0.4) is 0 Å². The number of rotatable bonds is 6. The lowest BCUT2D eigenvalue weighted by Crippen LogP contribution is -2.55. The van der Waals surface area contributed by atoms with E-state index in [2.05, 4.69) is 17.0 Å². The molecule has 2 heterocycles. The summed E-state index contributed by atoms with van der Waals surface area (Å²) in [4.78, 5) is 41.9. The van der Waals surface area contributed by atoms with Gasteiger partial charge in [0.25, 0.3) is 0 Å². The summed E-state index contributed by atoms with van der Waals surface area (Å²) in [6.45, 7) is 2.36. The lowest BCUT2D eigenvalue weighted by atomic mass is 9.80. The zero-order valence-electron chi connectivity index (χ0n) is 21.3. The number of ether oxygens (including phenoxy) is 4. The van der Waals surface area contributed by atoms with E-state index in [0.717, 1.165) is 32.5 Å². The molecule has 2 N–H and O–H groups in total. The number of nitrogens with zero attached hydrogens (tertiary/aromatic N) is 1. The molecular weight excluding hydrogens is 494 g/mol. The molecule has 2 fully saturated rings. The molecule has 0 bridgehead atoms. The van der Waals surface area contributed by atoms with E-state index in [9.17, 15) is 24.6 Å². The van der Waals surface area contributed by atoms with E-state index in [-0.39, 0.29) is 23.7 Å². The Morgan fingerprint density at radius 3 is 2.24 bits per heavy atom. The molecule has 10 nitrogen and oxygen atoms in total. The van der Waals surface area contributed by atoms with Crippen molar-refractivity contribution in [1.29, 1.82) is 0 Å². The van der Waals surface area contributed by atoms with Gasteiger partial charge in [-0.15, -0.1) is 0 Å². The fourth-order valence-electron chi connectivity index (χ4n) is 5.71. The number of piperidine rings is 1. The molecule has 0 radical (unpaired) electrons. The summed E-state index contributed by atoms with van der Waals surface area (Å²) in [6.07, 6.45) is -4.07. The van der Waals surface area contributed by atoms with E-state index >= 15 is 0 Å². The molecule has 2 aromatic rings. The average molecular weight is 526 g/mol. The van der Waals surface area contributed by atoms with Gasteiger partial charge in [-0.2, -0.15) is 0 Å². The lowest BCUT2D eigenvalue weighted by molar-refractivity contribution is -0.209. The second-order valence-electron chi connectivity index (χ2n) is 10.1. The number of likely N-dealkylation sites (tertiary alicyclic amines) is 1. The highest BCUT2D eigenvalue weighted by Crippen LogP contribution is 2.52. The number of fused-ring (bicyclic) bond motifs is 3. The molecule has 5 rings (SSSR count). The third-order valence-corrected chi connectivity index (χ3v) is 7.74. The quantitative estimate of drug-likeness (QED) is 0.538. The predicted octanol–water partition coefficient (Wildman–Crippen LogP) is 1.80. The zero-order valence-corrected chi connectivity index (χ0v) is 21.3. The van der Waals surface area contributed by atoms with Crippen LogP contribution in [0.4, 0.5) is 0 Å². The van der Waals surface area contributed by atoms with Gasteiger partial charge in [0.2, 0.25) is 11.4 Å². The molecule has 2 aromatic carbocycles. The second kappa shape index (κ2) is 10.4. The van der Waals surface area contributed by atoms with Gasteiger partial charge < -0.3 is 29.2 Å². The van der Waals surface area contributed by atoms with Gasteiger partial charge in [0.05, 0.1) is 14.2 Å². The molecule has 3 aliphatic rings. The maximum atomic E-state index is 14.0. The van der Waals surface area contributed by atoms with Crippen LogP contribution in [-0.2, 0) is 25.6 Å². The minimum atomic E-state index is -2.17. The maximum absolute atomic E-state index is 14.0. The number of ketones is 1. The van der Waals surface area contributed by atoms with Gasteiger partial charge in [0, 0.05) is 24.1 Å². The number of aliphatic hydroxyl groups excluding tert-OH is 2. The molecule has 10 heteroatoms. The van der Waals surface area contributed by atoms with Crippen molar-refractivity contribution in [3.63, 3.8) is 0 Å². The van der Waals surface area contributed by atoms with E-state index in [1.54, 1.807) is 0 Å². The highest BCUT2D eigenvalue weighted by Gasteiger charge is 2.62. The molecule has 202 valence electrons. The largest absolute Gasteiger partial charge is 0.493 e. The number of esters is 2. The molecule has 2 aliphatic heterocycles. The zero-order chi connectivity index (χ0) is 27.0. The van der Waals surface area contributed by atoms with E-state index in [1.165, 1.54) is 31.9 Å². The van der Waals surface area contributed by atoms with Crippen molar-refractivity contribution in [2.75, 3.05) is 27.3 Å². The minimum Gasteiger partial charge on any atom is -0.493 e. The number of methoxy groups -OCH3 is 2. The summed E-state index contributed by atoms with van der Waals surface area (Å²) in [7, 11) is 2.86. The van der Waals surface area contributed by atoms with Gasteiger partial charge in [0.1, 0.15) is 0 Å². The van der Waals surface area contributed by atoms with Gasteiger partial charge in [-0.1, -0.05) is 30.3 Å². The van der Waals surface area contributed by atoms with E-state index in [4.69, 9.17) is 18.9 Å². The van der Waals surface area contributed by atoms with Crippen molar-refractivity contribution in [2.24, 2.45) is 5.92 Å². The van der Waals surface area contributed by atoms with Crippen molar-refractivity contribution in [2.45, 2.75) is 49.7 Å². The molecule has 38 heavy (non-hydrogen) atoms. The van der Waals surface area contributed by atoms with E-state index < -0.39 is 41.6 Å². The number of carbonyl (C=O) groups is 3. The number of benzene rings is 2. The monoisotopic (exact) mass is 525 g/mol. The fraction of sp³-hybridized carbons (Fsp3) is 0.464. The van der Waals surface area contributed by atoms with Crippen LogP contribution < -0.4 is 9.47 Å². The van der Waals surface area contributed by atoms with Crippen molar-refractivity contribution in [1.82, 2.24) is 4.90 Å². The Bertz CT molecular complexity index is 1220. The molecule has 2 saturated heterocycles. The third-order valence-electron chi connectivity index (χ3n) is 7.74. The number of aliphatic hydroxyl groups is 2. The molecule has 0 aromatic heterocycles. The topological polar surface area (TPSA) is 132 Å². The first kappa shape index (κ1) is 26.1. The highest BCUT2D eigenvalue weighted by atomic mass is 16.6. The number of Topliss-reactive ketones (excluding diaryl/α,β-unsaturated/α-hetero) is 1. The van der Waals surface area contributed by atoms with Crippen LogP contribution in [0.15, 0.2) is 42.5 Å². The normalized spacial score (nSPS) is 28.0. The van der Waals surface area contributed by atoms with Crippen LogP contribution in [0, 0.1) is 5.92 Å². The van der Waals surface area contributed by atoms with Crippen LogP contribution in [0.1, 0.15) is 46.9 Å². The first-order chi connectivity index (χ1) is 18.3. The second-order valence-corrected chi connectivity index (χ2v) is 10.1. The Balaban J connectivity index is 1.46. The van der Waals surface area contributed by atoms with Crippen molar-refractivity contribution in [3.05, 3.63) is 59.2 Å². The molecule has 1 aliphatic carbocycles. The summed E-state index contributed by atoms with van der Waals surface area (Å²) in [5.41, 5.74) is -0.221. The molecule has 4 atom stereocenters. The Labute approximate surface area is 220 Å². The van der Waals surface area contributed by atoms with Crippen molar-refractivity contribution < 1.29 is 43.5 Å². The molecule has 0 saturated carbocycles. The van der Waals surface area contributed by atoms with Crippen molar-refractivity contribution in [3.8, 4) is 11.5 Å². The van der Waals surface area contributed by atoms with Gasteiger partial charge in [-0.3, -0.25) is 9.69 Å². The van der Waals surface area contributed by atoms with E-state index in [1.807, 2.05) is 18.2 Å². The summed E-state index contributed by atoms with van der Waals surface area (Å²) in [6, 6.07) is 13.1. The molecule has 0 spiro atoms. The smallest absolute Gasteiger partial charge is 0.339 e. The highest BCUT2D eigenvalue weighted by molar-refractivity contribution is 6.10. The molecule has 4 unspecified atom stereocenters. The number of hydrogen-bond acceptors (Lipinski definition) is 10. The Hall–Kier alpha value is -3.47. The first-order valence-electron chi connectivity index (χ1n) is 12.6. The van der Waals surface area contributed by atoms with Gasteiger partial charge >= 0.3 is 11.9 Å². The minimum absolute atomic E-state index is 0.0282. The number of carbonyl (C=O) groups excluding carboxylic acids is 3. The summed E-state index contributed by atoms with van der Waals surface area (Å²) in [5, 5.41) is 20.4. The molecular formula is C28H31NO9. The van der Waals surface area contributed by atoms with Crippen LogP contribution in [-0.4, -0.2) is 78.0 Å². The lowest BCUT2D eigenvalue weighted by Gasteiger charge is -2.40. The van der Waals surface area contributed by atoms with Gasteiger partial charge in [0.15, 0.2) is 29.8 Å². The first-order valence-corrected chi connectivity index (χ1v) is 12.6. The Morgan fingerprint density at radius 2 is 1.58 bits per heavy atom. The standard InChI is InChI=1S/C28H31NO9/c1-35-20-12-18-19(13-21(20)36-2)25-28(24(18)32,38-27(34)23(31)22(30)26(33)37-25)14-16-8-10-29(11-9-16)15-17-6-4-3-5-7-17/h3-7,12-13,16,22-23,25,30-31H,8-11,14-15H2,1-2H3. The van der Waals surface area contributed by atoms with Gasteiger partial charge in [-0.05, 0) is 49.5 Å². The van der Waals surface area contributed by atoms with Gasteiger partial charge in [-0.25, -0.2) is 9.59 Å². The Morgan fingerprint density at radius 1 is 0.947 bits per heavy atom. The maximum Gasteiger partial charge on any atom is 0.339 e.